The highest BCUT2D eigenvalue weighted by atomic mass is 16.5. The minimum Gasteiger partial charge on any atom is -0.494 e. The molecule has 0 aromatic heterocycles. The van der Waals surface area contributed by atoms with Crippen LogP contribution in [0.15, 0.2) is 66.7 Å². The van der Waals surface area contributed by atoms with E-state index in [-0.39, 0.29) is 5.91 Å². The van der Waals surface area contributed by atoms with Crippen LogP contribution in [0.1, 0.15) is 72.1 Å². The number of hydrogen-bond acceptors (Lipinski definition) is 6. The molecule has 0 fully saturated rings. The Hall–Kier alpha value is -3.39. The summed E-state index contributed by atoms with van der Waals surface area (Å²) in [6.07, 6.45) is 1.32. The summed E-state index contributed by atoms with van der Waals surface area (Å²) in [5.41, 5.74) is 4.78. The smallest absolute Gasteiger partial charge is 0.251 e. The zero-order chi connectivity index (χ0) is 29.0. The Kier molecular flexibility index (Phi) is 11.6. The summed E-state index contributed by atoms with van der Waals surface area (Å²) >= 11 is 0. The Morgan fingerprint density at radius 2 is 1.76 bits per heavy atom. The molecule has 1 aliphatic heterocycles. The van der Waals surface area contributed by atoms with Gasteiger partial charge in [0.1, 0.15) is 11.5 Å². The summed E-state index contributed by atoms with van der Waals surface area (Å²) in [6.45, 7) is 9.33. The number of aliphatic hydroxyl groups excluding tert-OH is 1. The summed E-state index contributed by atoms with van der Waals surface area (Å²) in [4.78, 5) is 13.6. The van der Waals surface area contributed by atoms with E-state index in [9.17, 15) is 9.90 Å². The molecule has 3 N–H and O–H groups in total. The zero-order valence-electron chi connectivity index (χ0n) is 24.5. The topological polar surface area (TPSA) is 89.1 Å². The van der Waals surface area contributed by atoms with Gasteiger partial charge in [0.25, 0.3) is 5.91 Å². The van der Waals surface area contributed by atoms with Crippen molar-refractivity contribution in [3.63, 3.8) is 0 Å². The number of ether oxygens (including phenoxy) is 3. The van der Waals surface area contributed by atoms with Crippen molar-refractivity contribution in [2.24, 2.45) is 0 Å². The average Bonchev–Trinajstić information content (AvgIpc) is 2.97. The molecule has 7 heteroatoms. The number of nitrogens with one attached hydrogen (secondary N) is 2. The summed E-state index contributed by atoms with van der Waals surface area (Å²) in [5, 5.41) is 17.8. The summed E-state index contributed by atoms with van der Waals surface area (Å²) < 4.78 is 17.6. The van der Waals surface area contributed by atoms with Crippen LogP contribution < -0.4 is 20.1 Å². The third-order valence-electron chi connectivity index (χ3n) is 7.21. The van der Waals surface area contributed by atoms with Crippen LogP contribution in [-0.4, -0.2) is 49.5 Å². The van der Waals surface area contributed by atoms with Gasteiger partial charge >= 0.3 is 0 Å². The van der Waals surface area contributed by atoms with Crippen molar-refractivity contribution in [3.8, 4) is 11.5 Å². The fraction of sp³-hybridized carbons (Fsp3) is 0.441. The van der Waals surface area contributed by atoms with E-state index in [2.05, 4.69) is 48.7 Å². The molecular formula is C34H44N2O5. The van der Waals surface area contributed by atoms with Gasteiger partial charge in [-0.25, -0.2) is 0 Å². The van der Waals surface area contributed by atoms with Crippen molar-refractivity contribution in [3.05, 3.63) is 94.5 Å². The molecular weight excluding hydrogens is 516 g/mol. The van der Waals surface area contributed by atoms with Gasteiger partial charge in [-0.3, -0.25) is 4.79 Å². The fourth-order valence-electron chi connectivity index (χ4n) is 4.88. The maximum Gasteiger partial charge on any atom is 0.251 e. The number of rotatable bonds is 9. The van der Waals surface area contributed by atoms with Gasteiger partial charge in [0.15, 0.2) is 0 Å². The van der Waals surface area contributed by atoms with E-state index in [0.717, 1.165) is 35.3 Å². The third-order valence-corrected chi connectivity index (χ3v) is 7.21. The Bertz CT molecular complexity index is 1260. The van der Waals surface area contributed by atoms with E-state index in [1.54, 1.807) is 6.07 Å². The lowest BCUT2D eigenvalue weighted by Crippen LogP contribution is -2.48. The van der Waals surface area contributed by atoms with Crippen LogP contribution in [-0.2, 0) is 24.3 Å². The molecule has 4 rings (SSSR count). The highest BCUT2D eigenvalue weighted by Gasteiger charge is 2.23. The molecule has 0 saturated heterocycles. The molecule has 1 aliphatic rings. The Balaban J connectivity index is 1.54. The van der Waals surface area contributed by atoms with Crippen LogP contribution in [0.3, 0.4) is 0 Å². The highest BCUT2D eigenvalue weighted by Crippen LogP contribution is 2.21. The number of carbonyl (C=O) groups excluding carboxylic acids is 1. The first-order chi connectivity index (χ1) is 19.9. The van der Waals surface area contributed by atoms with Crippen molar-refractivity contribution in [2.45, 2.75) is 71.2 Å². The largest absolute Gasteiger partial charge is 0.494 e. The molecule has 0 radical (unpaired) electrons. The minimum absolute atomic E-state index is 0.263. The molecule has 3 aromatic carbocycles. The lowest BCUT2D eigenvalue weighted by atomic mass is 9.99. The molecule has 1 amide bonds. The molecule has 0 unspecified atom stereocenters. The molecule has 1 heterocycles. The Labute approximate surface area is 244 Å². The number of fused-ring (bicyclic) bond motifs is 4. The van der Waals surface area contributed by atoms with Crippen molar-refractivity contribution >= 4 is 5.91 Å². The molecule has 0 aliphatic carbocycles. The SMILES string of the molecule is CCOCc1cc2cc(c1)C(=O)N[C@H]([C@H](O)CNCc1cccc(C(C)C)c1)Cc1cccc(c1)OCCCCO2. The van der Waals surface area contributed by atoms with Crippen molar-refractivity contribution in [2.75, 3.05) is 26.4 Å². The van der Waals surface area contributed by atoms with Gasteiger partial charge < -0.3 is 30.0 Å². The van der Waals surface area contributed by atoms with Gasteiger partial charge in [-0.05, 0) is 84.7 Å². The highest BCUT2D eigenvalue weighted by molar-refractivity contribution is 5.95. The van der Waals surface area contributed by atoms with Gasteiger partial charge in [0, 0.05) is 25.3 Å². The van der Waals surface area contributed by atoms with Crippen LogP contribution in [0, 0.1) is 0 Å². The van der Waals surface area contributed by atoms with Crippen molar-refractivity contribution in [1.29, 1.82) is 0 Å². The zero-order valence-corrected chi connectivity index (χ0v) is 24.5. The Morgan fingerprint density at radius 3 is 2.54 bits per heavy atom. The molecule has 3 aromatic rings. The predicted molar refractivity (Wildman–Crippen MR) is 162 cm³/mol. The summed E-state index contributed by atoms with van der Waals surface area (Å²) in [6, 6.07) is 21.3. The number of aliphatic hydroxyl groups is 1. The summed E-state index contributed by atoms with van der Waals surface area (Å²) in [5.74, 6) is 1.60. The minimum atomic E-state index is -0.821. The lowest BCUT2D eigenvalue weighted by Gasteiger charge is -2.25. The van der Waals surface area contributed by atoms with Crippen LogP contribution in [0.5, 0.6) is 11.5 Å². The predicted octanol–water partition coefficient (Wildman–Crippen LogP) is 5.39. The van der Waals surface area contributed by atoms with Crippen LogP contribution in [0.4, 0.5) is 0 Å². The average molecular weight is 561 g/mol. The standard InChI is InChI=1S/C34H44N2O5/c1-4-39-23-27-16-29-20-31(18-27)41-14-6-5-13-40-30-12-8-9-25(17-30)19-32(36-34(29)38)33(37)22-35-21-26-10-7-11-28(15-26)24(2)3/h7-12,15-18,20,24,32-33,35,37H,4-6,13-14,19,21-23H2,1-3H3,(H,36,38)/t32-,33+/m0/s1. The van der Waals surface area contributed by atoms with Crippen LogP contribution in [0.25, 0.3) is 0 Å². The molecule has 2 atom stereocenters. The second kappa shape index (κ2) is 15.6. The van der Waals surface area contributed by atoms with E-state index in [4.69, 9.17) is 14.2 Å². The molecule has 7 nitrogen and oxygen atoms in total. The lowest BCUT2D eigenvalue weighted by molar-refractivity contribution is 0.0829. The number of amides is 1. The van der Waals surface area contributed by atoms with Gasteiger partial charge in [-0.1, -0.05) is 50.2 Å². The number of hydrogen-bond donors (Lipinski definition) is 3. The fourth-order valence-corrected chi connectivity index (χ4v) is 4.88. The number of carbonyl (C=O) groups is 1. The normalized spacial score (nSPS) is 16.9. The van der Waals surface area contributed by atoms with E-state index in [0.29, 0.717) is 63.2 Å². The quantitative estimate of drug-likeness (QED) is 0.325. The second-order valence-electron chi connectivity index (χ2n) is 10.9. The van der Waals surface area contributed by atoms with Gasteiger partial charge in [-0.2, -0.15) is 0 Å². The maximum absolute atomic E-state index is 13.6. The first-order valence-corrected chi connectivity index (χ1v) is 14.8. The monoisotopic (exact) mass is 560 g/mol. The molecule has 220 valence electrons. The van der Waals surface area contributed by atoms with Gasteiger partial charge in [0.2, 0.25) is 0 Å². The number of benzene rings is 3. The van der Waals surface area contributed by atoms with E-state index >= 15 is 0 Å². The first-order valence-electron chi connectivity index (χ1n) is 14.8. The first kappa shape index (κ1) is 30.6. The van der Waals surface area contributed by atoms with Crippen LogP contribution in [0.2, 0.25) is 0 Å². The molecule has 41 heavy (non-hydrogen) atoms. The molecule has 0 saturated carbocycles. The van der Waals surface area contributed by atoms with Gasteiger partial charge in [-0.15, -0.1) is 0 Å². The van der Waals surface area contributed by atoms with Crippen molar-refractivity contribution in [1.82, 2.24) is 10.6 Å². The van der Waals surface area contributed by atoms with Gasteiger partial charge in [0.05, 0.1) is 32.0 Å². The van der Waals surface area contributed by atoms with Crippen LogP contribution >= 0.6 is 0 Å². The third kappa shape index (κ3) is 9.59. The van der Waals surface area contributed by atoms with E-state index in [1.165, 1.54) is 5.56 Å². The molecule has 4 bridgehead atoms. The summed E-state index contributed by atoms with van der Waals surface area (Å²) in [7, 11) is 0. The molecule has 0 spiro atoms. The maximum atomic E-state index is 13.6. The van der Waals surface area contributed by atoms with E-state index in [1.807, 2.05) is 43.3 Å². The van der Waals surface area contributed by atoms with E-state index < -0.39 is 12.1 Å². The van der Waals surface area contributed by atoms with Crippen molar-refractivity contribution < 1.29 is 24.1 Å². The Morgan fingerprint density at radius 1 is 0.976 bits per heavy atom. The second-order valence-corrected chi connectivity index (χ2v) is 10.9.